The molecule has 334 valence electrons. The van der Waals surface area contributed by atoms with Crippen molar-refractivity contribution in [1.29, 1.82) is 0 Å². The predicted octanol–water partition coefficient (Wildman–Crippen LogP) is 8.37. The Hall–Kier alpha value is -8.12. The topological polar surface area (TPSA) is 217 Å². The number of furan rings is 3. The van der Waals surface area contributed by atoms with Crippen LogP contribution in [0.1, 0.15) is 38.6 Å². The SMILES string of the molecule is COc1c2cc(C(=O)N3CCOCC3)oc2c(OC)c2cccnc12.COc1c2cc(C(=O)O)oc2c(OC)c2cccnc12.COc1c2cc(C(C)=O)oc2c(OC)c2cccnc12. The van der Waals surface area contributed by atoms with Crippen molar-refractivity contribution in [3.63, 3.8) is 0 Å². The lowest BCUT2D eigenvalue weighted by Gasteiger charge is -2.25. The maximum atomic E-state index is 12.7. The standard InChI is InChI=1S/C18H18N2O5.C15H13NO4.C14H11NO5/c1-22-15-12-10-13(18(21)20-6-8-24-9-7-20)25-17(12)16(23-2)11-4-3-5-19-14(11)15;1-8(17)11-7-10-13(18-2)12-9(5-4-6-16-12)14(19-3)15(10)20-11;1-18-11-8-6-9(14(16)17)20-13(8)12(19-2)7-4-3-5-15-10(7)11/h3-5,10H,6-9H2,1-2H3;4-7H,1-3H3;3-6H,1-2H3,(H,16,17). The van der Waals surface area contributed by atoms with Crippen molar-refractivity contribution in [2.45, 2.75) is 6.92 Å². The molecule has 18 nitrogen and oxygen atoms in total. The van der Waals surface area contributed by atoms with E-state index in [0.717, 1.165) is 10.8 Å². The van der Waals surface area contributed by atoms with Gasteiger partial charge in [-0.15, -0.1) is 0 Å². The van der Waals surface area contributed by atoms with E-state index in [-0.39, 0.29) is 29.0 Å². The molecule has 0 radical (unpaired) electrons. The molecule has 0 aliphatic carbocycles. The Kier molecular flexibility index (Phi) is 12.3. The summed E-state index contributed by atoms with van der Waals surface area (Å²) in [7, 11) is 9.27. The molecule has 3 aromatic carbocycles. The zero-order chi connectivity index (χ0) is 45.9. The summed E-state index contributed by atoms with van der Waals surface area (Å²) in [6.07, 6.45) is 5.01. The Labute approximate surface area is 369 Å². The number of methoxy groups -OCH3 is 6. The number of fused-ring (bicyclic) bond motifs is 6. The number of ether oxygens (including phenoxy) is 7. The van der Waals surface area contributed by atoms with Gasteiger partial charge in [-0.1, -0.05) is 0 Å². The summed E-state index contributed by atoms with van der Waals surface area (Å²) in [6.45, 7) is 3.62. The van der Waals surface area contributed by atoms with Gasteiger partial charge in [-0.25, -0.2) is 4.79 Å². The summed E-state index contributed by atoms with van der Waals surface area (Å²) in [6, 6.07) is 15.7. The van der Waals surface area contributed by atoms with Crippen LogP contribution in [0.25, 0.3) is 65.6 Å². The van der Waals surface area contributed by atoms with Gasteiger partial charge in [0.25, 0.3) is 5.91 Å². The first-order valence-corrected chi connectivity index (χ1v) is 20.0. The van der Waals surface area contributed by atoms with Gasteiger partial charge in [-0.05, 0) is 42.5 Å². The van der Waals surface area contributed by atoms with E-state index in [1.165, 1.54) is 27.2 Å². The number of carbonyl (C=O) groups is 3. The zero-order valence-electron chi connectivity index (χ0n) is 36.3. The van der Waals surface area contributed by atoms with E-state index in [4.69, 9.17) is 51.5 Å². The molecule has 1 saturated heterocycles. The fourth-order valence-corrected chi connectivity index (χ4v) is 7.78. The smallest absolute Gasteiger partial charge is 0.371 e. The maximum absolute atomic E-state index is 12.7. The molecule has 6 aromatic heterocycles. The monoisotopic (exact) mass is 886 g/mol. The number of amides is 1. The van der Waals surface area contributed by atoms with Gasteiger partial charge in [0, 0.05) is 50.7 Å². The fourth-order valence-electron chi connectivity index (χ4n) is 7.78. The van der Waals surface area contributed by atoms with Crippen molar-refractivity contribution in [1.82, 2.24) is 19.9 Å². The van der Waals surface area contributed by atoms with E-state index in [0.29, 0.717) is 116 Å². The van der Waals surface area contributed by atoms with E-state index >= 15 is 0 Å². The molecule has 1 fully saturated rings. The highest BCUT2D eigenvalue weighted by atomic mass is 16.5. The van der Waals surface area contributed by atoms with Crippen LogP contribution in [0.4, 0.5) is 0 Å². The van der Waals surface area contributed by atoms with E-state index in [2.05, 4.69) is 15.0 Å². The van der Waals surface area contributed by atoms with E-state index in [1.807, 2.05) is 30.3 Å². The average molecular weight is 887 g/mol. The third-order valence-electron chi connectivity index (χ3n) is 10.6. The number of pyridine rings is 3. The number of carbonyl (C=O) groups excluding carboxylic acids is 2. The van der Waals surface area contributed by atoms with Gasteiger partial charge in [0.1, 0.15) is 16.6 Å². The first-order valence-electron chi connectivity index (χ1n) is 20.0. The summed E-state index contributed by atoms with van der Waals surface area (Å²) >= 11 is 0. The van der Waals surface area contributed by atoms with Crippen molar-refractivity contribution in [2.24, 2.45) is 0 Å². The lowest BCUT2D eigenvalue weighted by Crippen LogP contribution is -2.40. The minimum absolute atomic E-state index is 0.151. The number of rotatable bonds is 9. The van der Waals surface area contributed by atoms with Crippen LogP contribution in [0.5, 0.6) is 34.5 Å². The number of aromatic carboxylic acids is 1. The minimum Gasteiger partial charge on any atom is -0.494 e. The molecule has 1 N–H and O–H groups in total. The number of hydrogen-bond donors (Lipinski definition) is 1. The highest BCUT2D eigenvalue weighted by molar-refractivity contribution is 6.12. The molecule has 7 heterocycles. The first-order chi connectivity index (χ1) is 31.6. The van der Waals surface area contributed by atoms with Crippen LogP contribution < -0.4 is 28.4 Å². The Morgan fingerprint density at radius 3 is 1.25 bits per heavy atom. The third kappa shape index (κ3) is 7.73. The number of benzene rings is 3. The van der Waals surface area contributed by atoms with E-state index < -0.39 is 5.97 Å². The number of morpholine rings is 1. The Morgan fingerprint density at radius 1 is 0.523 bits per heavy atom. The molecule has 1 amide bonds. The number of carboxylic acid groups (broad SMARTS) is 1. The lowest BCUT2D eigenvalue weighted by atomic mass is 10.1. The molecule has 0 unspecified atom stereocenters. The second kappa shape index (κ2) is 18.3. The van der Waals surface area contributed by atoms with Crippen LogP contribution in [0.2, 0.25) is 0 Å². The van der Waals surface area contributed by atoms with Gasteiger partial charge < -0.3 is 56.4 Å². The number of hydrogen-bond acceptors (Lipinski definition) is 16. The molecule has 0 spiro atoms. The summed E-state index contributed by atoms with van der Waals surface area (Å²) in [5.41, 5.74) is 3.25. The van der Waals surface area contributed by atoms with Gasteiger partial charge in [-0.3, -0.25) is 24.5 Å². The molecule has 0 atom stereocenters. The van der Waals surface area contributed by atoms with Crippen molar-refractivity contribution < 1.29 is 65.9 Å². The van der Waals surface area contributed by atoms with Crippen molar-refractivity contribution in [2.75, 3.05) is 69.0 Å². The van der Waals surface area contributed by atoms with Crippen LogP contribution in [0.15, 0.2) is 86.4 Å². The van der Waals surface area contributed by atoms with E-state index in [9.17, 15) is 14.4 Å². The average Bonchev–Trinajstić information content (AvgIpc) is 4.11. The maximum Gasteiger partial charge on any atom is 0.371 e. The number of carboxylic acids is 1. The van der Waals surface area contributed by atoms with Crippen molar-refractivity contribution >= 4 is 83.3 Å². The molecule has 65 heavy (non-hydrogen) atoms. The zero-order valence-corrected chi connectivity index (χ0v) is 36.3. The normalized spacial score (nSPS) is 12.4. The first kappa shape index (κ1) is 43.5. The van der Waals surface area contributed by atoms with Crippen LogP contribution >= 0.6 is 0 Å². The Morgan fingerprint density at radius 2 is 0.877 bits per heavy atom. The second-order valence-corrected chi connectivity index (χ2v) is 14.2. The predicted molar refractivity (Wildman–Crippen MR) is 238 cm³/mol. The fraction of sp³-hybridized carbons (Fsp3) is 0.234. The van der Waals surface area contributed by atoms with Crippen LogP contribution in [-0.4, -0.2) is 112 Å². The van der Waals surface area contributed by atoms with Gasteiger partial charge in [0.15, 0.2) is 68.5 Å². The van der Waals surface area contributed by atoms with Crippen molar-refractivity contribution in [3.8, 4) is 34.5 Å². The molecule has 18 heteroatoms. The second-order valence-electron chi connectivity index (χ2n) is 14.2. The summed E-state index contributed by atoms with van der Waals surface area (Å²) < 4.78 is 54.9. The largest absolute Gasteiger partial charge is 0.494 e. The van der Waals surface area contributed by atoms with Gasteiger partial charge >= 0.3 is 5.97 Å². The Balaban J connectivity index is 0.000000134. The highest BCUT2D eigenvalue weighted by Gasteiger charge is 2.27. The van der Waals surface area contributed by atoms with Crippen LogP contribution in [0, 0.1) is 0 Å². The number of Topliss-reactive ketones (excluding diaryl/α,β-unsaturated/α-hetero) is 1. The molecular formula is C47H42N4O14. The number of aromatic nitrogens is 3. The lowest BCUT2D eigenvalue weighted by molar-refractivity contribution is 0.0284. The molecule has 1 aliphatic rings. The number of ketones is 1. The summed E-state index contributed by atoms with van der Waals surface area (Å²) in [4.78, 5) is 50.1. The molecular weight excluding hydrogens is 845 g/mol. The van der Waals surface area contributed by atoms with Gasteiger partial charge in [0.2, 0.25) is 5.76 Å². The highest BCUT2D eigenvalue weighted by Crippen LogP contribution is 2.45. The molecule has 0 saturated carbocycles. The molecule has 0 bridgehead atoms. The third-order valence-corrected chi connectivity index (χ3v) is 10.6. The van der Waals surface area contributed by atoms with Crippen molar-refractivity contribution in [3.05, 3.63) is 90.5 Å². The summed E-state index contributed by atoms with van der Waals surface area (Å²) in [5.74, 6) is 2.03. The Bertz CT molecular complexity index is 2950. The molecule has 1 aliphatic heterocycles. The van der Waals surface area contributed by atoms with E-state index in [1.54, 1.807) is 70.1 Å². The van der Waals surface area contributed by atoms with Crippen LogP contribution in [-0.2, 0) is 4.74 Å². The summed E-state index contributed by atoms with van der Waals surface area (Å²) in [5, 5.41) is 13.2. The minimum atomic E-state index is -1.15. The van der Waals surface area contributed by atoms with Gasteiger partial charge in [0.05, 0.1) is 88.2 Å². The van der Waals surface area contributed by atoms with Gasteiger partial charge in [-0.2, -0.15) is 0 Å². The molecule has 9 aromatic rings. The van der Waals surface area contributed by atoms with Crippen LogP contribution in [0.3, 0.4) is 0 Å². The quantitative estimate of drug-likeness (QED) is 0.135. The number of nitrogens with zero attached hydrogens (tertiary/aromatic N) is 4. The molecule has 10 rings (SSSR count).